The van der Waals surface area contributed by atoms with Crippen LogP contribution >= 0.6 is 0 Å². The number of aliphatic hydroxyl groups excluding tert-OH is 2. The normalized spacial score (nSPS) is 14.5. The summed E-state index contributed by atoms with van der Waals surface area (Å²) >= 11 is 0. The molecule has 3 N–H and O–H groups in total. The lowest BCUT2D eigenvalue weighted by atomic mass is 9.92. The molecule has 1 aliphatic heterocycles. The first-order valence-electron chi connectivity index (χ1n) is 12.0. The van der Waals surface area contributed by atoms with Crippen LogP contribution in [0.4, 0.5) is 5.82 Å². The van der Waals surface area contributed by atoms with Gasteiger partial charge >= 0.3 is 0 Å². The van der Waals surface area contributed by atoms with Crippen LogP contribution in [0.2, 0.25) is 0 Å². The molecule has 1 aromatic heterocycles. The number of piperidine rings is 1. The summed E-state index contributed by atoms with van der Waals surface area (Å²) in [6.45, 7) is 6.17. The number of nitrogens with zero attached hydrogens (tertiary/aromatic N) is 2. The van der Waals surface area contributed by atoms with E-state index in [4.69, 9.17) is 14.9 Å². The van der Waals surface area contributed by atoms with Crippen molar-refractivity contribution in [1.82, 2.24) is 10.3 Å². The van der Waals surface area contributed by atoms with Crippen LogP contribution in [0.5, 0.6) is 5.75 Å². The Morgan fingerprint density at radius 2 is 1.97 bits per heavy atom. The lowest BCUT2D eigenvalue weighted by Crippen LogP contribution is -2.40. The first kappa shape index (κ1) is 25.0. The molecule has 1 amide bonds. The van der Waals surface area contributed by atoms with E-state index in [0.717, 1.165) is 55.4 Å². The fourth-order valence-corrected chi connectivity index (χ4v) is 4.22. The molecule has 1 fully saturated rings. The van der Waals surface area contributed by atoms with Gasteiger partial charge in [0.15, 0.2) is 0 Å². The van der Waals surface area contributed by atoms with Gasteiger partial charge in [0, 0.05) is 24.8 Å². The summed E-state index contributed by atoms with van der Waals surface area (Å²) in [4.78, 5) is 19.3. The third kappa shape index (κ3) is 7.17. The predicted molar refractivity (Wildman–Crippen MR) is 130 cm³/mol. The van der Waals surface area contributed by atoms with Crippen LogP contribution in [0.25, 0.3) is 0 Å². The third-order valence-corrected chi connectivity index (χ3v) is 6.40. The molecule has 3 rings (SSSR count). The molecular formula is C26H37N3O4. The Bertz CT molecular complexity index is 876. The average molecular weight is 456 g/mol. The Morgan fingerprint density at radius 1 is 1.21 bits per heavy atom. The number of aryl methyl sites for hydroxylation is 2. The molecule has 33 heavy (non-hydrogen) atoms. The van der Waals surface area contributed by atoms with Crippen LogP contribution in [0.15, 0.2) is 36.5 Å². The number of hydrogen-bond acceptors (Lipinski definition) is 6. The number of rotatable bonds is 11. The van der Waals surface area contributed by atoms with Gasteiger partial charge in [-0.15, -0.1) is 0 Å². The standard InChI is InChI=1S/C26H37N3O4/c1-3-20-6-9-25(27-16-20)29-12-10-21(11-13-29)5-4-14-33-23-7-8-24(19(2)15-23)26(32)28-22(17-30)18-31/h6-9,15-16,21-22,30-31H,3-5,10-14,17-18H2,1-2H3,(H,28,32). The number of anilines is 1. The molecule has 2 heterocycles. The third-order valence-electron chi connectivity index (χ3n) is 6.40. The van der Waals surface area contributed by atoms with Crippen molar-refractivity contribution in [1.29, 1.82) is 0 Å². The van der Waals surface area contributed by atoms with E-state index < -0.39 is 6.04 Å². The maximum absolute atomic E-state index is 12.3. The number of carbonyl (C=O) groups excluding carboxylic acids is 1. The molecular weight excluding hydrogens is 418 g/mol. The fraction of sp³-hybridized carbons (Fsp3) is 0.538. The molecule has 0 saturated carbocycles. The zero-order valence-electron chi connectivity index (χ0n) is 19.8. The van der Waals surface area contributed by atoms with E-state index in [0.29, 0.717) is 12.2 Å². The largest absolute Gasteiger partial charge is 0.494 e. The summed E-state index contributed by atoms with van der Waals surface area (Å²) in [7, 11) is 0. The van der Waals surface area contributed by atoms with Crippen LogP contribution in [0, 0.1) is 12.8 Å². The van der Waals surface area contributed by atoms with Crippen LogP contribution in [-0.4, -0.2) is 60.1 Å². The molecule has 180 valence electrons. The number of nitrogens with one attached hydrogen (secondary N) is 1. The van der Waals surface area contributed by atoms with Gasteiger partial charge in [0.25, 0.3) is 5.91 Å². The molecule has 7 heteroatoms. The smallest absolute Gasteiger partial charge is 0.251 e. The highest BCUT2D eigenvalue weighted by atomic mass is 16.5. The van der Waals surface area contributed by atoms with Crippen molar-refractivity contribution in [3.63, 3.8) is 0 Å². The van der Waals surface area contributed by atoms with Crippen molar-refractivity contribution >= 4 is 11.7 Å². The summed E-state index contributed by atoms with van der Waals surface area (Å²) in [5, 5.41) is 20.9. The molecule has 0 unspecified atom stereocenters. The second-order valence-corrected chi connectivity index (χ2v) is 8.81. The van der Waals surface area contributed by atoms with E-state index in [1.165, 1.54) is 18.4 Å². The second-order valence-electron chi connectivity index (χ2n) is 8.81. The van der Waals surface area contributed by atoms with E-state index >= 15 is 0 Å². The number of pyridine rings is 1. The number of amides is 1. The summed E-state index contributed by atoms with van der Waals surface area (Å²) in [6, 6.07) is 9.04. The van der Waals surface area contributed by atoms with Crippen LogP contribution in [0.1, 0.15) is 54.1 Å². The van der Waals surface area contributed by atoms with Crippen molar-refractivity contribution < 1.29 is 19.7 Å². The molecule has 0 aliphatic carbocycles. The lowest BCUT2D eigenvalue weighted by Gasteiger charge is -2.33. The van der Waals surface area contributed by atoms with Crippen molar-refractivity contribution in [2.24, 2.45) is 5.92 Å². The van der Waals surface area contributed by atoms with Crippen molar-refractivity contribution in [3.05, 3.63) is 53.2 Å². The highest BCUT2D eigenvalue weighted by Gasteiger charge is 2.20. The first-order chi connectivity index (χ1) is 16.0. The predicted octanol–water partition coefficient (Wildman–Crippen LogP) is 3.11. The van der Waals surface area contributed by atoms with Crippen molar-refractivity contribution in [2.75, 3.05) is 37.8 Å². The molecule has 7 nitrogen and oxygen atoms in total. The van der Waals surface area contributed by atoms with Gasteiger partial charge in [-0.05, 0) is 80.3 Å². The van der Waals surface area contributed by atoms with Crippen LogP contribution in [-0.2, 0) is 6.42 Å². The number of benzene rings is 1. The summed E-state index contributed by atoms with van der Waals surface area (Å²) in [5.41, 5.74) is 2.59. The topological polar surface area (TPSA) is 94.9 Å². The van der Waals surface area contributed by atoms with E-state index in [1.807, 2.05) is 19.2 Å². The second kappa shape index (κ2) is 12.6. The molecule has 0 spiro atoms. The average Bonchev–Trinajstić information content (AvgIpc) is 2.85. The van der Waals surface area contributed by atoms with E-state index in [9.17, 15) is 4.79 Å². The highest BCUT2D eigenvalue weighted by molar-refractivity contribution is 5.96. The van der Waals surface area contributed by atoms with Crippen LogP contribution in [0.3, 0.4) is 0 Å². The zero-order chi connectivity index (χ0) is 23.6. The summed E-state index contributed by atoms with van der Waals surface area (Å²) in [5.74, 6) is 2.25. The van der Waals surface area contributed by atoms with E-state index in [1.54, 1.807) is 12.1 Å². The minimum absolute atomic E-state index is 0.301. The number of aliphatic hydroxyl groups is 2. The van der Waals surface area contributed by atoms with Crippen molar-refractivity contribution in [2.45, 2.75) is 52.0 Å². The molecule has 2 aromatic rings. The SMILES string of the molecule is CCc1ccc(N2CCC(CCCOc3ccc(C(=O)NC(CO)CO)c(C)c3)CC2)nc1. The van der Waals surface area contributed by atoms with Gasteiger partial charge in [0.05, 0.1) is 25.9 Å². The minimum atomic E-state index is -0.655. The highest BCUT2D eigenvalue weighted by Crippen LogP contribution is 2.25. The van der Waals surface area contributed by atoms with Gasteiger partial charge in [-0.2, -0.15) is 0 Å². The van der Waals surface area contributed by atoms with E-state index in [-0.39, 0.29) is 19.1 Å². The summed E-state index contributed by atoms with van der Waals surface area (Å²) in [6.07, 6.45) is 7.53. The molecule has 0 atom stereocenters. The first-order valence-corrected chi connectivity index (χ1v) is 12.0. The maximum Gasteiger partial charge on any atom is 0.251 e. The molecule has 1 saturated heterocycles. The Morgan fingerprint density at radius 3 is 2.58 bits per heavy atom. The maximum atomic E-state index is 12.3. The Kier molecular flexibility index (Phi) is 9.51. The Labute approximate surface area is 196 Å². The quantitative estimate of drug-likeness (QED) is 0.451. The van der Waals surface area contributed by atoms with Gasteiger partial charge in [-0.3, -0.25) is 4.79 Å². The molecule has 1 aromatic carbocycles. The van der Waals surface area contributed by atoms with Gasteiger partial charge < -0.3 is 25.2 Å². The monoisotopic (exact) mass is 455 g/mol. The van der Waals surface area contributed by atoms with Crippen molar-refractivity contribution in [3.8, 4) is 5.75 Å². The lowest BCUT2D eigenvalue weighted by molar-refractivity contribution is 0.0878. The Hall–Kier alpha value is -2.64. The minimum Gasteiger partial charge on any atom is -0.494 e. The van der Waals surface area contributed by atoms with Gasteiger partial charge in [0.2, 0.25) is 0 Å². The van der Waals surface area contributed by atoms with E-state index in [2.05, 4.69) is 34.3 Å². The molecule has 0 bridgehead atoms. The van der Waals surface area contributed by atoms with Gasteiger partial charge in [-0.25, -0.2) is 4.98 Å². The number of aromatic nitrogens is 1. The number of ether oxygens (including phenoxy) is 1. The number of carbonyl (C=O) groups is 1. The molecule has 1 aliphatic rings. The van der Waals surface area contributed by atoms with Gasteiger partial charge in [-0.1, -0.05) is 13.0 Å². The zero-order valence-corrected chi connectivity index (χ0v) is 19.8. The fourth-order valence-electron chi connectivity index (χ4n) is 4.22. The van der Waals surface area contributed by atoms with Gasteiger partial charge in [0.1, 0.15) is 11.6 Å². The van der Waals surface area contributed by atoms with Crippen LogP contribution < -0.4 is 15.0 Å². The Balaban J connectivity index is 1.38. The summed E-state index contributed by atoms with van der Waals surface area (Å²) < 4.78 is 5.92. The molecule has 0 radical (unpaired) electrons. The number of hydrogen-bond donors (Lipinski definition) is 3.